The van der Waals surface area contributed by atoms with Gasteiger partial charge in [-0.3, -0.25) is 4.79 Å². The molecule has 0 aromatic heterocycles. The summed E-state index contributed by atoms with van der Waals surface area (Å²) in [6.07, 6.45) is 0.764. The van der Waals surface area contributed by atoms with E-state index in [0.717, 1.165) is 55.6 Å². The largest absolute Gasteiger partial charge is 0.508 e. The highest BCUT2D eigenvalue weighted by molar-refractivity contribution is 7.99. The van der Waals surface area contributed by atoms with E-state index in [0.29, 0.717) is 12.8 Å². The second-order valence-electron chi connectivity index (χ2n) is 12.1. The van der Waals surface area contributed by atoms with Gasteiger partial charge in [-0.05, 0) is 67.0 Å². The van der Waals surface area contributed by atoms with Crippen molar-refractivity contribution in [2.45, 2.75) is 119 Å². The average Bonchev–Trinajstić information content (AvgIpc) is 2.93. The molecule has 3 rings (SSSR count). The first-order valence-corrected chi connectivity index (χ1v) is 16.2. The number of aliphatic carboxylic acids is 1. The molecule has 0 radical (unpaired) electrons. The third-order valence-corrected chi connectivity index (χ3v) is 10.2. The summed E-state index contributed by atoms with van der Waals surface area (Å²) in [5.74, 6) is -4.64. The van der Waals surface area contributed by atoms with Crippen LogP contribution >= 0.6 is 11.8 Å². The van der Waals surface area contributed by atoms with E-state index >= 15 is 0 Å². The van der Waals surface area contributed by atoms with Crippen LogP contribution in [0.4, 0.5) is 22.0 Å². The maximum atomic E-state index is 13.0. The van der Waals surface area contributed by atoms with Crippen LogP contribution in [-0.2, 0) is 10.2 Å². The molecule has 0 aliphatic carbocycles. The van der Waals surface area contributed by atoms with Crippen molar-refractivity contribution in [3.63, 3.8) is 0 Å². The van der Waals surface area contributed by atoms with Crippen LogP contribution in [0.15, 0.2) is 47.4 Å². The van der Waals surface area contributed by atoms with Crippen LogP contribution in [0.5, 0.6) is 11.5 Å². The molecule has 10 heteroatoms. The minimum atomic E-state index is -5.55. The Labute approximate surface area is 255 Å². The molecule has 1 aliphatic rings. The first-order valence-electron chi connectivity index (χ1n) is 15.2. The highest BCUT2D eigenvalue weighted by atomic mass is 32.2. The first kappa shape index (κ1) is 35.0. The molecule has 0 bridgehead atoms. The Morgan fingerprint density at radius 3 is 2.02 bits per heavy atom. The van der Waals surface area contributed by atoms with E-state index in [1.807, 2.05) is 24.3 Å². The van der Waals surface area contributed by atoms with E-state index in [1.54, 1.807) is 30.0 Å². The Bertz CT molecular complexity index is 1170. The summed E-state index contributed by atoms with van der Waals surface area (Å²) in [4.78, 5) is 12.7. The fourth-order valence-corrected chi connectivity index (χ4v) is 7.51. The summed E-state index contributed by atoms with van der Waals surface area (Å²) < 4.78 is 62.8. The van der Waals surface area contributed by atoms with Gasteiger partial charge in [0.1, 0.15) is 11.5 Å². The number of carboxylic acids is 1. The van der Waals surface area contributed by atoms with Crippen LogP contribution in [0.3, 0.4) is 0 Å². The van der Waals surface area contributed by atoms with Crippen LogP contribution in [-0.4, -0.2) is 39.1 Å². The number of alkyl halides is 5. The Kier molecular flexibility index (Phi) is 12.6. The summed E-state index contributed by atoms with van der Waals surface area (Å²) in [7, 11) is 0. The van der Waals surface area contributed by atoms with Crippen molar-refractivity contribution in [2.75, 3.05) is 5.75 Å². The molecule has 1 heterocycles. The number of thioether (sulfide) groups is 1. The second-order valence-corrected chi connectivity index (χ2v) is 13.1. The maximum Gasteiger partial charge on any atom is 0.453 e. The molecule has 1 aliphatic heterocycles. The number of phenolic OH excluding ortho intramolecular Hbond substituents is 2. The van der Waals surface area contributed by atoms with Crippen molar-refractivity contribution in [3.05, 3.63) is 53.6 Å². The first-order chi connectivity index (χ1) is 20.2. The Morgan fingerprint density at radius 2 is 1.42 bits per heavy atom. The Balaban J connectivity index is 1.40. The predicted molar refractivity (Wildman–Crippen MR) is 159 cm³/mol. The SMILES string of the molecule is C[C@]1(c2ccc(O)cc2)CSc2cc(O)ccc2[C@H]1CCCCCCCCC(CCCCCC(F)(F)C(F)(F)F)C(=O)O. The number of benzene rings is 2. The minimum Gasteiger partial charge on any atom is -0.508 e. The van der Waals surface area contributed by atoms with Crippen LogP contribution in [0.2, 0.25) is 0 Å². The standard InChI is InChI=1S/C33H43F5O4S/c1-31(24-14-16-25(39)17-15-24)22-43-29-21-26(40)18-19-27(29)28(31)13-9-5-3-2-4-7-11-23(30(41)42)12-8-6-10-20-32(34,35)33(36,37)38/h14-19,21,23,28,39-40H,2-13,20,22H2,1H3,(H,41,42)/t23?,28-,31-/m1/s1. The van der Waals surface area contributed by atoms with Crippen LogP contribution < -0.4 is 0 Å². The normalized spacial score (nSPS) is 19.6. The maximum absolute atomic E-state index is 13.0. The number of rotatable bonds is 17. The molecule has 2 aromatic rings. The number of halogens is 5. The van der Waals surface area contributed by atoms with Crippen LogP contribution in [0.1, 0.15) is 107 Å². The second kappa shape index (κ2) is 15.5. The van der Waals surface area contributed by atoms with E-state index in [-0.39, 0.29) is 42.1 Å². The van der Waals surface area contributed by atoms with Gasteiger partial charge in [-0.15, -0.1) is 11.8 Å². The van der Waals surface area contributed by atoms with Gasteiger partial charge < -0.3 is 15.3 Å². The van der Waals surface area contributed by atoms with Crippen LogP contribution in [0.25, 0.3) is 0 Å². The molecule has 3 N–H and O–H groups in total. The summed E-state index contributed by atoms with van der Waals surface area (Å²) in [5.41, 5.74) is 2.28. The smallest absolute Gasteiger partial charge is 0.453 e. The lowest BCUT2D eigenvalue weighted by atomic mass is 9.68. The van der Waals surface area contributed by atoms with E-state index in [4.69, 9.17) is 0 Å². The van der Waals surface area contributed by atoms with E-state index in [2.05, 4.69) is 6.92 Å². The molecule has 3 atom stereocenters. The van der Waals surface area contributed by atoms with E-state index in [1.165, 1.54) is 11.1 Å². The molecule has 0 saturated carbocycles. The molecule has 0 fully saturated rings. The lowest BCUT2D eigenvalue weighted by Crippen LogP contribution is -2.36. The Morgan fingerprint density at radius 1 is 0.860 bits per heavy atom. The number of carboxylic acid groups (broad SMARTS) is 1. The molecule has 0 amide bonds. The fraction of sp³-hybridized carbons (Fsp3) is 0.606. The van der Waals surface area contributed by atoms with Crippen molar-refractivity contribution in [3.8, 4) is 11.5 Å². The van der Waals surface area contributed by atoms with Gasteiger partial charge in [-0.2, -0.15) is 22.0 Å². The molecule has 43 heavy (non-hydrogen) atoms. The van der Waals surface area contributed by atoms with Crippen molar-refractivity contribution in [1.29, 1.82) is 0 Å². The van der Waals surface area contributed by atoms with Gasteiger partial charge in [-0.1, -0.05) is 76.5 Å². The molecular formula is C33H43F5O4S. The zero-order chi connectivity index (χ0) is 31.7. The summed E-state index contributed by atoms with van der Waals surface area (Å²) in [5, 5.41) is 29.3. The molecule has 2 aromatic carbocycles. The van der Waals surface area contributed by atoms with Crippen molar-refractivity contribution in [1.82, 2.24) is 0 Å². The van der Waals surface area contributed by atoms with Gasteiger partial charge in [-0.25, -0.2) is 0 Å². The van der Waals surface area contributed by atoms with Gasteiger partial charge in [0.15, 0.2) is 0 Å². The molecular weight excluding hydrogens is 587 g/mol. The van der Waals surface area contributed by atoms with Crippen molar-refractivity contribution in [2.24, 2.45) is 5.92 Å². The van der Waals surface area contributed by atoms with Gasteiger partial charge in [0.25, 0.3) is 0 Å². The van der Waals surface area contributed by atoms with Crippen LogP contribution in [0, 0.1) is 5.92 Å². The van der Waals surface area contributed by atoms with Crippen molar-refractivity contribution >= 4 is 17.7 Å². The topological polar surface area (TPSA) is 77.8 Å². The van der Waals surface area contributed by atoms with Gasteiger partial charge >= 0.3 is 18.1 Å². The highest BCUT2D eigenvalue weighted by Gasteiger charge is 2.56. The number of aromatic hydroxyl groups is 2. The van der Waals surface area contributed by atoms with E-state index in [9.17, 15) is 42.1 Å². The monoisotopic (exact) mass is 630 g/mol. The lowest BCUT2D eigenvalue weighted by Gasteiger charge is -2.43. The average molecular weight is 631 g/mol. The number of carbonyl (C=O) groups is 1. The van der Waals surface area contributed by atoms with Gasteiger partial charge in [0.2, 0.25) is 0 Å². The Hall–Kier alpha value is -2.49. The summed E-state index contributed by atoms with van der Waals surface area (Å²) in [6, 6.07) is 13.0. The zero-order valence-corrected chi connectivity index (χ0v) is 25.5. The molecule has 0 saturated heterocycles. The zero-order valence-electron chi connectivity index (χ0n) is 24.6. The number of hydrogen-bond donors (Lipinski definition) is 3. The molecule has 0 spiro atoms. The number of unbranched alkanes of at least 4 members (excludes halogenated alkanes) is 7. The van der Waals surface area contributed by atoms with E-state index < -0.39 is 30.4 Å². The quantitative estimate of drug-likeness (QED) is 0.120. The van der Waals surface area contributed by atoms with Gasteiger partial charge in [0.05, 0.1) is 5.92 Å². The molecule has 4 nitrogen and oxygen atoms in total. The predicted octanol–water partition coefficient (Wildman–Crippen LogP) is 10.2. The number of hydrogen-bond acceptors (Lipinski definition) is 4. The third-order valence-electron chi connectivity index (χ3n) is 8.80. The van der Waals surface area contributed by atoms with Gasteiger partial charge in [0, 0.05) is 22.5 Å². The fourth-order valence-electron chi connectivity index (χ4n) is 6.10. The highest BCUT2D eigenvalue weighted by Crippen LogP contribution is 2.52. The lowest BCUT2D eigenvalue weighted by molar-refractivity contribution is -0.284. The third kappa shape index (κ3) is 9.75. The van der Waals surface area contributed by atoms with Crippen molar-refractivity contribution < 1.29 is 42.1 Å². The number of phenols is 2. The summed E-state index contributed by atoms with van der Waals surface area (Å²) in [6.45, 7) is 2.27. The molecule has 1 unspecified atom stereocenters. The number of fused-ring (bicyclic) bond motifs is 1. The minimum absolute atomic E-state index is 0.132. The molecule has 240 valence electrons. The summed E-state index contributed by atoms with van der Waals surface area (Å²) >= 11 is 1.74.